The van der Waals surface area contributed by atoms with Crippen LogP contribution in [0.3, 0.4) is 0 Å². The Morgan fingerprint density at radius 1 is 1.50 bits per heavy atom. The molecule has 0 bridgehead atoms. The van der Waals surface area contributed by atoms with Crippen molar-refractivity contribution in [2.75, 3.05) is 7.11 Å². The van der Waals surface area contributed by atoms with Crippen LogP contribution < -0.4 is 4.74 Å². The van der Waals surface area contributed by atoms with Crippen LogP contribution in [-0.4, -0.2) is 18.3 Å². The molecule has 0 aliphatic rings. The SMILES string of the molecule is COc1ccc(CC[C@@H](C)O)c(F)c1. The van der Waals surface area contributed by atoms with Gasteiger partial charge >= 0.3 is 0 Å². The summed E-state index contributed by atoms with van der Waals surface area (Å²) in [5, 5.41) is 9.06. The molecule has 3 heteroatoms. The summed E-state index contributed by atoms with van der Waals surface area (Å²) in [6, 6.07) is 4.77. The van der Waals surface area contributed by atoms with Gasteiger partial charge in [-0.2, -0.15) is 0 Å². The minimum atomic E-state index is -0.392. The zero-order chi connectivity index (χ0) is 10.6. The summed E-state index contributed by atoms with van der Waals surface area (Å²) in [5.41, 5.74) is 0.617. The third kappa shape index (κ3) is 3.00. The molecule has 2 nitrogen and oxygen atoms in total. The smallest absolute Gasteiger partial charge is 0.130 e. The molecule has 0 heterocycles. The van der Waals surface area contributed by atoms with Crippen molar-refractivity contribution in [2.24, 2.45) is 0 Å². The number of halogens is 1. The maximum atomic E-state index is 13.3. The van der Waals surface area contributed by atoms with E-state index in [4.69, 9.17) is 9.84 Å². The zero-order valence-corrected chi connectivity index (χ0v) is 8.46. The molecule has 0 aliphatic heterocycles. The van der Waals surface area contributed by atoms with Crippen molar-refractivity contribution in [3.8, 4) is 5.75 Å². The van der Waals surface area contributed by atoms with Crippen LogP contribution in [0.2, 0.25) is 0 Å². The van der Waals surface area contributed by atoms with Crippen LogP contribution in [0.5, 0.6) is 5.75 Å². The summed E-state index contributed by atoms with van der Waals surface area (Å²) in [6.45, 7) is 1.70. The number of methoxy groups -OCH3 is 1. The minimum absolute atomic E-state index is 0.273. The van der Waals surface area contributed by atoms with Gasteiger partial charge in [0.05, 0.1) is 13.2 Å². The highest BCUT2D eigenvalue weighted by atomic mass is 19.1. The quantitative estimate of drug-likeness (QED) is 0.803. The normalized spacial score (nSPS) is 12.6. The Labute approximate surface area is 83.3 Å². The summed E-state index contributed by atoms with van der Waals surface area (Å²) >= 11 is 0. The standard InChI is InChI=1S/C11H15FO2/c1-8(13)3-4-9-5-6-10(14-2)7-11(9)12/h5-8,13H,3-4H2,1-2H3/t8-/m1/s1. The maximum Gasteiger partial charge on any atom is 0.130 e. The predicted molar refractivity (Wildman–Crippen MR) is 53.0 cm³/mol. The lowest BCUT2D eigenvalue weighted by atomic mass is 10.1. The van der Waals surface area contributed by atoms with Gasteiger partial charge in [0, 0.05) is 6.07 Å². The largest absolute Gasteiger partial charge is 0.497 e. The molecule has 78 valence electrons. The second-order valence-electron chi connectivity index (χ2n) is 3.35. The van der Waals surface area contributed by atoms with Gasteiger partial charge < -0.3 is 9.84 Å². The first-order valence-corrected chi connectivity index (χ1v) is 4.64. The average Bonchev–Trinajstić information content (AvgIpc) is 2.15. The molecule has 0 spiro atoms. The van der Waals surface area contributed by atoms with Gasteiger partial charge in [-0.25, -0.2) is 4.39 Å². The van der Waals surface area contributed by atoms with Crippen LogP contribution in [-0.2, 0) is 6.42 Å². The maximum absolute atomic E-state index is 13.3. The van der Waals surface area contributed by atoms with Crippen molar-refractivity contribution in [2.45, 2.75) is 25.9 Å². The van der Waals surface area contributed by atoms with Crippen molar-refractivity contribution < 1.29 is 14.2 Å². The Kier molecular flexibility index (Phi) is 3.89. The number of aliphatic hydroxyl groups is 1. The lowest BCUT2D eigenvalue weighted by Crippen LogP contribution is -2.02. The Morgan fingerprint density at radius 3 is 2.71 bits per heavy atom. The third-order valence-corrected chi connectivity index (χ3v) is 2.09. The van der Waals surface area contributed by atoms with Gasteiger partial charge in [-0.15, -0.1) is 0 Å². The van der Waals surface area contributed by atoms with Crippen molar-refractivity contribution in [3.05, 3.63) is 29.6 Å². The van der Waals surface area contributed by atoms with Crippen molar-refractivity contribution in [3.63, 3.8) is 0 Å². The van der Waals surface area contributed by atoms with E-state index in [1.54, 1.807) is 19.1 Å². The van der Waals surface area contributed by atoms with Gasteiger partial charge in [0.2, 0.25) is 0 Å². The van der Waals surface area contributed by atoms with E-state index >= 15 is 0 Å². The fourth-order valence-corrected chi connectivity index (χ4v) is 1.22. The summed E-state index contributed by atoms with van der Waals surface area (Å²) in [5.74, 6) is 0.244. The Morgan fingerprint density at radius 2 is 2.21 bits per heavy atom. The molecule has 1 rings (SSSR count). The van der Waals surface area contributed by atoms with Crippen molar-refractivity contribution >= 4 is 0 Å². The number of aryl methyl sites for hydroxylation is 1. The topological polar surface area (TPSA) is 29.5 Å². The lowest BCUT2D eigenvalue weighted by Gasteiger charge is -2.06. The van der Waals surface area contributed by atoms with E-state index in [1.165, 1.54) is 13.2 Å². The molecule has 0 fully saturated rings. The number of hydrogen-bond donors (Lipinski definition) is 1. The van der Waals surface area contributed by atoms with E-state index in [1.807, 2.05) is 0 Å². The highest BCUT2D eigenvalue weighted by Gasteiger charge is 2.05. The van der Waals surface area contributed by atoms with Gasteiger partial charge in [0.1, 0.15) is 11.6 Å². The Bertz CT molecular complexity index is 297. The molecule has 14 heavy (non-hydrogen) atoms. The Balaban J connectivity index is 2.69. The number of ether oxygens (including phenoxy) is 1. The van der Waals surface area contributed by atoms with E-state index in [0.717, 1.165) is 0 Å². The average molecular weight is 198 g/mol. The molecule has 1 aromatic carbocycles. The first-order chi connectivity index (χ1) is 6.63. The molecular formula is C11H15FO2. The highest BCUT2D eigenvalue weighted by Crippen LogP contribution is 2.17. The van der Waals surface area contributed by atoms with Crippen LogP contribution >= 0.6 is 0 Å². The molecule has 1 aromatic rings. The van der Waals surface area contributed by atoms with Crippen LogP contribution in [0.15, 0.2) is 18.2 Å². The van der Waals surface area contributed by atoms with Gasteiger partial charge in [0.15, 0.2) is 0 Å². The van der Waals surface area contributed by atoms with E-state index in [-0.39, 0.29) is 5.82 Å². The van der Waals surface area contributed by atoms with Crippen LogP contribution in [0, 0.1) is 5.82 Å². The number of aliphatic hydroxyl groups excluding tert-OH is 1. The van der Waals surface area contributed by atoms with Crippen LogP contribution in [0.1, 0.15) is 18.9 Å². The summed E-state index contributed by atoms with van der Waals surface area (Å²) in [6.07, 6.45) is 0.730. The summed E-state index contributed by atoms with van der Waals surface area (Å²) in [4.78, 5) is 0. The van der Waals surface area contributed by atoms with Crippen molar-refractivity contribution in [1.82, 2.24) is 0 Å². The van der Waals surface area contributed by atoms with Gasteiger partial charge in [-0.05, 0) is 31.4 Å². The predicted octanol–water partition coefficient (Wildman–Crippen LogP) is 2.15. The number of benzene rings is 1. The van der Waals surface area contributed by atoms with E-state index in [0.29, 0.717) is 24.2 Å². The van der Waals surface area contributed by atoms with Crippen molar-refractivity contribution in [1.29, 1.82) is 0 Å². The minimum Gasteiger partial charge on any atom is -0.497 e. The fourth-order valence-electron chi connectivity index (χ4n) is 1.22. The highest BCUT2D eigenvalue weighted by molar-refractivity contribution is 5.28. The molecule has 0 saturated carbocycles. The molecule has 0 aliphatic carbocycles. The van der Waals surface area contributed by atoms with Crippen LogP contribution in [0.25, 0.3) is 0 Å². The van der Waals surface area contributed by atoms with E-state index in [9.17, 15) is 4.39 Å². The van der Waals surface area contributed by atoms with E-state index in [2.05, 4.69) is 0 Å². The van der Waals surface area contributed by atoms with Gasteiger partial charge in [-0.3, -0.25) is 0 Å². The summed E-state index contributed by atoms with van der Waals surface area (Å²) in [7, 11) is 1.50. The second kappa shape index (κ2) is 4.96. The molecule has 1 atom stereocenters. The molecule has 1 N–H and O–H groups in total. The van der Waals surface area contributed by atoms with E-state index < -0.39 is 6.10 Å². The second-order valence-corrected chi connectivity index (χ2v) is 3.35. The number of hydrogen-bond acceptors (Lipinski definition) is 2. The molecule has 0 saturated heterocycles. The first kappa shape index (κ1) is 11.0. The first-order valence-electron chi connectivity index (χ1n) is 4.64. The number of rotatable bonds is 4. The molecule has 0 radical (unpaired) electrons. The molecule has 0 amide bonds. The monoisotopic (exact) mass is 198 g/mol. The lowest BCUT2D eigenvalue weighted by molar-refractivity contribution is 0.184. The fraction of sp³-hybridized carbons (Fsp3) is 0.455. The Hall–Kier alpha value is -1.09. The molecule has 0 unspecified atom stereocenters. The van der Waals surface area contributed by atoms with Gasteiger partial charge in [-0.1, -0.05) is 6.07 Å². The molecule has 0 aromatic heterocycles. The van der Waals surface area contributed by atoms with Crippen LogP contribution in [0.4, 0.5) is 4.39 Å². The summed E-state index contributed by atoms with van der Waals surface area (Å²) < 4.78 is 18.2. The third-order valence-electron chi connectivity index (χ3n) is 2.09. The molecular weight excluding hydrogens is 183 g/mol. The zero-order valence-electron chi connectivity index (χ0n) is 8.46. The van der Waals surface area contributed by atoms with Gasteiger partial charge in [0.25, 0.3) is 0 Å².